The predicted octanol–water partition coefficient (Wildman–Crippen LogP) is 2.96. The molecular weight excluding hydrogens is 505 g/mol. The summed E-state index contributed by atoms with van der Waals surface area (Å²) in [4.78, 5) is 11.7. The monoisotopic (exact) mass is 534 g/mol. The van der Waals surface area contributed by atoms with E-state index in [0.717, 1.165) is 6.42 Å². The van der Waals surface area contributed by atoms with Crippen LogP contribution in [0.3, 0.4) is 0 Å². The van der Waals surface area contributed by atoms with Gasteiger partial charge in [0, 0.05) is 18.8 Å². The van der Waals surface area contributed by atoms with Crippen molar-refractivity contribution < 1.29 is 66.5 Å². The number of hydrogen-bond acceptors (Lipinski definition) is 5. The van der Waals surface area contributed by atoms with Gasteiger partial charge in [0.2, 0.25) is 0 Å². The van der Waals surface area contributed by atoms with E-state index in [-0.39, 0.29) is 59.5 Å². The first-order valence-corrected chi connectivity index (χ1v) is 10.3. The van der Waals surface area contributed by atoms with Crippen LogP contribution >= 0.6 is 11.3 Å². The minimum absolute atomic E-state index is 0. The summed E-state index contributed by atoms with van der Waals surface area (Å²) in [5.74, 6) is -1.07. The molecule has 1 aliphatic rings. The van der Waals surface area contributed by atoms with Gasteiger partial charge in [0.05, 0.1) is 18.3 Å². The Morgan fingerprint density at radius 1 is 1.32 bits per heavy atom. The number of aryl methyl sites for hydroxylation is 1. The average Bonchev–Trinajstić information content (AvgIpc) is 3.22. The molecule has 0 amide bonds. The van der Waals surface area contributed by atoms with Gasteiger partial charge < -0.3 is 31.8 Å². The fourth-order valence-corrected chi connectivity index (χ4v) is 4.14. The van der Waals surface area contributed by atoms with Crippen molar-refractivity contribution in [1.29, 1.82) is 0 Å². The van der Waals surface area contributed by atoms with Gasteiger partial charge in [-0.05, 0) is 31.6 Å². The predicted molar refractivity (Wildman–Crippen MR) is 105 cm³/mol. The van der Waals surface area contributed by atoms with E-state index in [4.69, 9.17) is 5.11 Å². The van der Waals surface area contributed by atoms with Crippen LogP contribution in [0.15, 0.2) is 36.4 Å². The third-order valence-corrected chi connectivity index (χ3v) is 5.88. The Balaban J connectivity index is 0.00000392. The summed E-state index contributed by atoms with van der Waals surface area (Å²) in [6.45, 7) is 0. The van der Waals surface area contributed by atoms with Crippen LogP contribution in [0, 0.1) is 58.5 Å². The Morgan fingerprint density at radius 2 is 2.11 bits per heavy atom. The molecule has 0 aliphatic heterocycles. The van der Waals surface area contributed by atoms with Crippen molar-refractivity contribution in [3.05, 3.63) is 46.7 Å². The fourth-order valence-electron chi connectivity index (χ4n) is 3.50. The van der Waals surface area contributed by atoms with Crippen LogP contribution in [0.25, 0.3) is 0 Å². The van der Waals surface area contributed by atoms with Gasteiger partial charge in [-0.3, -0.25) is 4.79 Å². The van der Waals surface area contributed by atoms with E-state index >= 15 is 0 Å². The van der Waals surface area contributed by atoms with Crippen LogP contribution in [-0.2, 0) is 11.2 Å². The number of carboxylic acids is 1. The van der Waals surface area contributed by atoms with Gasteiger partial charge in [0.15, 0.2) is 0 Å². The van der Waals surface area contributed by atoms with Crippen molar-refractivity contribution in [3.8, 4) is 0 Å². The van der Waals surface area contributed by atoms with Gasteiger partial charge >= 0.3 is 47.3 Å². The second-order valence-corrected chi connectivity index (χ2v) is 8.08. The molecule has 1 aromatic rings. The van der Waals surface area contributed by atoms with E-state index in [9.17, 15) is 20.1 Å². The Hall–Kier alpha value is -0.106. The Labute approximate surface area is 204 Å². The molecular formula is C21H29O5PrS+2. The normalized spacial score (nSPS) is 26.0. The number of allylic oxidation sites excluding steroid dienone is 2. The zero-order valence-electron chi connectivity index (χ0n) is 16.0. The molecule has 0 bridgehead atoms. The number of aliphatic carboxylic acids is 1. The third kappa shape index (κ3) is 9.14. The first-order chi connectivity index (χ1) is 13.0. The van der Waals surface area contributed by atoms with E-state index in [2.05, 4.69) is 5.38 Å². The molecule has 5 unspecified atom stereocenters. The van der Waals surface area contributed by atoms with Crippen molar-refractivity contribution >= 4 is 17.3 Å². The fraction of sp³-hybridized carbons (Fsp3) is 0.571. The Bertz CT molecular complexity index is 616. The molecule has 5 nitrogen and oxygen atoms in total. The first-order valence-electron chi connectivity index (χ1n) is 9.51. The first kappa shape index (κ1) is 25.9. The van der Waals surface area contributed by atoms with Crippen LogP contribution < -0.4 is 0 Å². The standard InChI is InChI=1S/C21H29O5S.Pr/c22-15(9-11-16-6-5-13-27-16)10-12-18-17(19(23)14-20(18)24)7-3-1-2-4-8-21(25)26;/h1,3,5-6,10,12,15,17-20,22-24H,2,4,7-9,11,14H2,(H,25,26);/q-1;+3/b3-1+,12-10+;. The zero-order chi connectivity index (χ0) is 19.6. The molecule has 150 valence electrons. The van der Waals surface area contributed by atoms with Crippen molar-refractivity contribution in [2.45, 2.75) is 63.3 Å². The van der Waals surface area contributed by atoms with Crippen molar-refractivity contribution in [2.24, 2.45) is 11.8 Å². The third-order valence-electron chi connectivity index (χ3n) is 5.02. The van der Waals surface area contributed by atoms with E-state index in [1.165, 1.54) is 4.88 Å². The number of aliphatic hydroxyl groups excluding tert-OH is 3. The van der Waals surface area contributed by atoms with Crippen LogP contribution in [0.1, 0.15) is 43.4 Å². The number of carbonyl (C=O) groups is 1. The van der Waals surface area contributed by atoms with E-state index in [0.29, 0.717) is 32.1 Å². The molecule has 1 heterocycles. The molecule has 2 rings (SSSR count). The van der Waals surface area contributed by atoms with E-state index in [1.807, 2.05) is 30.4 Å². The van der Waals surface area contributed by atoms with Gasteiger partial charge in [-0.2, -0.15) is 6.07 Å². The molecule has 1 aromatic heterocycles. The van der Waals surface area contributed by atoms with Gasteiger partial charge in [-0.25, -0.2) is 6.07 Å². The minimum atomic E-state index is -0.793. The number of unbranched alkanes of at least 4 members (excludes halogenated alkanes) is 1. The summed E-state index contributed by atoms with van der Waals surface area (Å²) < 4.78 is 0. The summed E-state index contributed by atoms with van der Waals surface area (Å²) in [6, 6.07) is 3.87. The minimum Gasteiger partial charge on any atom is -0.481 e. The van der Waals surface area contributed by atoms with Gasteiger partial charge in [-0.15, -0.1) is 10.3 Å². The number of aliphatic hydroxyl groups is 3. The molecule has 4 N–H and O–H groups in total. The number of rotatable bonds is 11. The molecule has 0 aromatic carbocycles. The topological polar surface area (TPSA) is 98.0 Å². The molecule has 28 heavy (non-hydrogen) atoms. The Kier molecular flexibility index (Phi) is 13.0. The number of carboxylic acid groups (broad SMARTS) is 1. The molecule has 1 saturated carbocycles. The second-order valence-electron chi connectivity index (χ2n) is 7.12. The molecule has 7 heteroatoms. The number of thiophene rings is 1. The molecule has 5 atom stereocenters. The zero-order valence-corrected chi connectivity index (χ0v) is 20.5. The number of hydrogen-bond donors (Lipinski definition) is 4. The summed E-state index contributed by atoms with van der Waals surface area (Å²) in [5, 5.41) is 42.3. The molecule has 1 aliphatic carbocycles. The van der Waals surface area contributed by atoms with Gasteiger partial charge in [-0.1, -0.05) is 30.7 Å². The smallest absolute Gasteiger partial charge is 0.481 e. The van der Waals surface area contributed by atoms with E-state index in [1.54, 1.807) is 17.4 Å². The van der Waals surface area contributed by atoms with Crippen molar-refractivity contribution in [3.63, 3.8) is 0 Å². The largest absolute Gasteiger partial charge is 3.00 e. The maximum absolute atomic E-state index is 10.5. The quantitative estimate of drug-likeness (QED) is 0.199. The Morgan fingerprint density at radius 3 is 2.79 bits per heavy atom. The summed E-state index contributed by atoms with van der Waals surface area (Å²) >= 11 is 1.55. The van der Waals surface area contributed by atoms with Gasteiger partial charge in [0.1, 0.15) is 0 Å². The summed E-state index contributed by atoms with van der Waals surface area (Å²) in [6.07, 6.45) is 9.52. The molecule has 0 radical (unpaired) electrons. The van der Waals surface area contributed by atoms with Crippen molar-refractivity contribution in [2.75, 3.05) is 0 Å². The maximum atomic E-state index is 10.5. The molecule has 0 spiro atoms. The summed E-state index contributed by atoms with van der Waals surface area (Å²) in [7, 11) is 0. The summed E-state index contributed by atoms with van der Waals surface area (Å²) in [5.41, 5.74) is 0. The average molecular weight is 534 g/mol. The molecule has 1 fully saturated rings. The SMILES string of the molecule is O=C(O)CCC/C=C/CC1C(O)CC(O)C1/C=C/C(O)CCc1cc[c-]s1.[Pr+3]. The van der Waals surface area contributed by atoms with Gasteiger partial charge in [0.25, 0.3) is 0 Å². The second kappa shape index (κ2) is 14.0. The van der Waals surface area contributed by atoms with Crippen LogP contribution in [0.2, 0.25) is 0 Å². The van der Waals surface area contributed by atoms with Crippen LogP contribution in [-0.4, -0.2) is 44.7 Å². The van der Waals surface area contributed by atoms with Crippen LogP contribution in [0.5, 0.6) is 0 Å². The van der Waals surface area contributed by atoms with Crippen molar-refractivity contribution in [1.82, 2.24) is 0 Å². The van der Waals surface area contributed by atoms with Crippen LogP contribution in [0.4, 0.5) is 0 Å². The molecule has 0 saturated heterocycles. The van der Waals surface area contributed by atoms with E-state index < -0.39 is 24.3 Å². The maximum Gasteiger partial charge on any atom is 3.00 e.